The number of aromatic nitrogens is 1. The Labute approximate surface area is 102 Å². The molecule has 0 aliphatic carbocycles. The summed E-state index contributed by atoms with van der Waals surface area (Å²) in [6, 6.07) is 1.88. The minimum absolute atomic E-state index is 0.183. The van der Waals surface area contributed by atoms with E-state index in [1.54, 1.807) is 19.5 Å². The summed E-state index contributed by atoms with van der Waals surface area (Å²) in [7, 11) is 1.73. The SMILES string of the molecule is COCCC(C)(C)CNc1ccncc1Cl. The molecule has 1 heterocycles. The maximum atomic E-state index is 6.01. The van der Waals surface area contributed by atoms with Gasteiger partial charge in [-0.05, 0) is 17.9 Å². The zero-order valence-electron chi connectivity index (χ0n) is 10.1. The Morgan fingerprint density at radius 1 is 1.50 bits per heavy atom. The molecule has 90 valence electrons. The fraction of sp³-hybridized carbons (Fsp3) is 0.583. The third-order valence-corrected chi connectivity index (χ3v) is 2.81. The molecule has 0 aromatic carbocycles. The second kappa shape index (κ2) is 6.06. The molecule has 0 aliphatic heterocycles. The molecule has 1 aromatic rings. The fourth-order valence-corrected chi connectivity index (χ4v) is 1.51. The molecular formula is C12H19ClN2O. The Balaban J connectivity index is 2.47. The van der Waals surface area contributed by atoms with Gasteiger partial charge < -0.3 is 10.1 Å². The highest BCUT2D eigenvalue weighted by Gasteiger charge is 2.17. The molecule has 0 spiro atoms. The van der Waals surface area contributed by atoms with E-state index in [-0.39, 0.29) is 5.41 Å². The van der Waals surface area contributed by atoms with Gasteiger partial charge in [0.2, 0.25) is 0 Å². The lowest BCUT2D eigenvalue weighted by molar-refractivity contribution is 0.157. The summed E-state index contributed by atoms with van der Waals surface area (Å²) >= 11 is 6.01. The first-order chi connectivity index (χ1) is 7.55. The molecule has 0 radical (unpaired) electrons. The Bertz CT molecular complexity index is 329. The predicted octanol–water partition coefficient (Wildman–Crippen LogP) is 3.21. The molecule has 0 aliphatic rings. The van der Waals surface area contributed by atoms with Crippen LogP contribution in [0.3, 0.4) is 0 Å². The highest BCUT2D eigenvalue weighted by Crippen LogP contribution is 2.24. The Hall–Kier alpha value is -0.800. The van der Waals surface area contributed by atoms with Gasteiger partial charge in [-0.3, -0.25) is 4.98 Å². The quantitative estimate of drug-likeness (QED) is 0.832. The van der Waals surface area contributed by atoms with E-state index in [2.05, 4.69) is 24.1 Å². The third kappa shape index (κ3) is 4.37. The fourth-order valence-electron chi connectivity index (χ4n) is 1.32. The minimum atomic E-state index is 0.183. The molecule has 4 heteroatoms. The Morgan fingerprint density at radius 2 is 2.25 bits per heavy atom. The summed E-state index contributed by atoms with van der Waals surface area (Å²) in [4.78, 5) is 3.95. The maximum absolute atomic E-state index is 6.01. The van der Waals surface area contributed by atoms with Gasteiger partial charge in [0.05, 0.1) is 10.7 Å². The van der Waals surface area contributed by atoms with Crippen molar-refractivity contribution in [2.75, 3.05) is 25.6 Å². The van der Waals surface area contributed by atoms with E-state index in [9.17, 15) is 0 Å². The molecule has 0 atom stereocenters. The van der Waals surface area contributed by atoms with Gasteiger partial charge in [0.25, 0.3) is 0 Å². The molecule has 1 aromatic heterocycles. The van der Waals surface area contributed by atoms with Crippen LogP contribution in [0, 0.1) is 5.41 Å². The standard InChI is InChI=1S/C12H19ClN2O/c1-12(2,5-7-16-3)9-15-11-4-6-14-8-10(11)13/h4,6,8H,5,7,9H2,1-3H3,(H,14,15). The number of methoxy groups -OCH3 is 1. The summed E-state index contributed by atoms with van der Waals surface area (Å²) in [6.07, 6.45) is 4.39. The van der Waals surface area contributed by atoms with E-state index in [0.717, 1.165) is 25.3 Å². The maximum Gasteiger partial charge on any atom is 0.0820 e. The molecule has 0 unspecified atom stereocenters. The van der Waals surface area contributed by atoms with Gasteiger partial charge in [-0.1, -0.05) is 25.4 Å². The monoisotopic (exact) mass is 242 g/mol. The lowest BCUT2D eigenvalue weighted by Gasteiger charge is -2.25. The van der Waals surface area contributed by atoms with Crippen LogP contribution in [-0.4, -0.2) is 25.2 Å². The van der Waals surface area contributed by atoms with Crippen molar-refractivity contribution < 1.29 is 4.74 Å². The van der Waals surface area contributed by atoms with Crippen LogP contribution in [0.1, 0.15) is 20.3 Å². The van der Waals surface area contributed by atoms with E-state index in [1.165, 1.54) is 0 Å². The highest BCUT2D eigenvalue weighted by molar-refractivity contribution is 6.33. The Morgan fingerprint density at radius 3 is 2.88 bits per heavy atom. The van der Waals surface area contributed by atoms with Crippen LogP contribution in [0.5, 0.6) is 0 Å². The topological polar surface area (TPSA) is 34.1 Å². The second-order valence-electron chi connectivity index (χ2n) is 4.62. The first-order valence-electron chi connectivity index (χ1n) is 5.37. The van der Waals surface area contributed by atoms with Gasteiger partial charge in [-0.25, -0.2) is 0 Å². The van der Waals surface area contributed by atoms with Crippen molar-refractivity contribution in [3.63, 3.8) is 0 Å². The van der Waals surface area contributed by atoms with Crippen LogP contribution in [-0.2, 0) is 4.74 Å². The lowest BCUT2D eigenvalue weighted by Crippen LogP contribution is -2.24. The first-order valence-corrected chi connectivity index (χ1v) is 5.75. The van der Waals surface area contributed by atoms with Gasteiger partial charge in [0.1, 0.15) is 0 Å². The number of hydrogen-bond donors (Lipinski definition) is 1. The first kappa shape index (κ1) is 13.3. The average molecular weight is 243 g/mol. The van der Waals surface area contributed by atoms with Gasteiger partial charge in [-0.2, -0.15) is 0 Å². The number of ether oxygens (including phenoxy) is 1. The molecule has 0 bridgehead atoms. The minimum Gasteiger partial charge on any atom is -0.385 e. The number of anilines is 1. The van der Waals surface area contributed by atoms with E-state index < -0.39 is 0 Å². The zero-order chi connectivity index (χ0) is 12.0. The van der Waals surface area contributed by atoms with E-state index in [1.807, 2.05) is 6.07 Å². The molecule has 0 saturated heterocycles. The molecule has 0 fully saturated rings. The second-order valence-corrected chi connectivity index (χ2v) is 5.02. The van der Waals surface area contributed by atoms with E-state index in [4.69, 9.17) is 16.3 Å². The van der Waals surface area contributed by atoms with Crippen LogP contribution >= 0.6 is 11.6 Å². The van der Waals surface area contributed by atoms with Crippen molar-refractivity contribution >= 4 is 17.3 Å². The highest BCUT2D eigenvalue weighted by atomic mass is 35.5. The van der Waals surface area contributed by atoms with Crippen LogP contribution < -0.4 is 5.32 Å². The van der Waals surface area contributed by atoms with Crippen molar-refractivity contribution in [3.05, 3.63) is 23.5 Å². The lowest BCUT2D eigenvalue weighted by atomic mass is 9.89. The van der Waals surface area contributed by atoms with E-state index >= 15 is 0 Å². The third-order valence-electron chi connectivity index (χ3n) is 2.51. The summed E-state index contributed by atoms with van der Waals surface area (Å²) in [5, 5.41) is 3.99. The zero-order valence-corrected chi connectivity index (χ0v) is 10.8. The normalized spacial score (nSPS) is 11.5. The summed E-state index contributed by atoms with van der Waals surface area (Å²) in [5.41, 5.74) is 1.12. The largest absolute Gasteiger partial charge is 0.385 e. The number of halogens is 1. The summed E-state index contributed by atoms with van der Waals surface area (Å²) in [5.74, 6) is 0. The van der Waals surface area contributed by atoms with Crippen LogP contribution in [0.2, 0.25) is 5.02 Å². The number of rotatable bonds is 6. The average Bonchev–Trinajstić information content (AvgIpc) is 2.26. The van der Waals surface area contributed by atoms with Gasteiger partial charge >= 0.3 is 0 Å². The number of pyridine rings is 1. The van der Waals surface area contributed by atoms with Crippen molar-refractivity contribution in [2.24, 2.45) is 5.41 Å². The van der Waals surface area contributed by atoms with Crippen LogP contribution in [0.15, 0.2) is 18.5 Å². The van der Waals surface area contributed by atoms with E-state index in [0.29, 0.717) is 5.02 Å². The molecule has 0 amide bonds. The number of hydrogen-bond acceptors (Lipinski definition) is 3. The van der Waals surface area contributed by atoms with Crippen LogP contribution in [0.4, 0.5) is 5.69 Å². The predicted molar refractivity (Wildman–Crippen MR) is 68.0 cm³/mol. The summed E-state index contributed by atoms with van der Waals surface area (Å²) < 4.78 is 5.09. The van der Waals surface area contributed by atoms with Gasteiger partial charge in [-0.15, -0.1) is 0 Å². The van der Waals surface area contributed by atoms with Crippen molar-refractivity contribution in [1.82, 2.24) is 4.98 Å². The van der Waals surface area contributed by atoms with Gasteiger partial charge in [0, 0.05) is 32.7 Å². The molecule has 0 saturated carbocycles. The van der Waals surface area contributed by atoms with Crippen molar-refractivity contribution in [1.29, 1.82) is 0 Å². The van der Waals surface area contributed by atoms with Crippen LogP contribution in [0.25, 0.3) is 0 Å². The molecule has 3 nitrogen and oxygen atoms in total. The van der Waals surface area contributed by atoms with Crippen molar-refractivity contribution in [3.8, 4) is 0 Å². The smallest absolute Gasteiger partial charge is 0.0820 e. The molecule has 1 rings (SSSR count). The number of nitrogens with zero attached hydrogens (tertiary/aromatic N) is 1. The van der Waals surface area contributed by atoms with Crippen molar-refractivity contribution in [2.45, 2.75) is 20.3 Å². The molecule has 16 heavy (non-hydrogen) atoms. The molecule has 1 N–H and O–H groups in total. The Kier molecular flexibility index (Phi) is 5.03. The molecular weight excluding hydrogens is 224 g/mol. The van der Waals surface area contributed by atoms with Gasteiger partial charge in [0.15, 0.2) is 0 Å². The summed E-state index contributed by atoms with van der Waals surface area (Å²) in [6.45, 7) is 6.04. The number of nitrogens with one attached hydrogen (secondary N) is 1.